The van der Waals surface area contributed by atoms with Crippen LogP contribution in [0.1, 0.15) is 25.5 Å². The minimum absolute atomic E-state index is 0.247. The third kappa shape index (κ3) is 3.10. The number of aromatic nitrogens is 1. The van der Waals surface area contributed by atoms with Gasteiger partial charge in [0, 0.05) is 0 Å². The molecule has 0 radical (unpaired) electrons. The number of carboxylic acid groups (broad SMARTS) is 1. The molecule has 1 saturated carbocycles. The van der Waals surface area contributed by atoms with Gasteiger partial charge in [0.25, 0.3) is 0 Å². The highest BCUT2D eigenvalue weighted by molar-refractivity contribution is 6.29. The van der Waals surface area contributed by atoms with Gasteiger partial charge in [0.15, 0.2) is 0 Å². The van der Waals surface area contributed by atoms with E-state index in [2.05, 4.69) is 10.3 Å². The Hall–Kier alpha value is -1.62. The first-order valence-corrected chi connectivity index (χ1v) is 6.93. The summed E-state index contributed by atoms with van der Waals surface area (Å²) in [7, 11) is 0. The lowest BCUT2D eigenvalue weighted by Gasteiger charge is -2.16. The Kier molecular flexibility index (Phi) is 4.28. The quantitative estimate of drug-likeness (QED) is 0.841. The first-order valence-electron chi connectivity index (χ1n) is 6.55. The molecule has 1 fully saturated rings. The number of hydrogen-bond donors (Lipinski definition) is 2. The lowest BCUT2D eigenvalue weighted by atomic mass is 9.95. The zero-order chi connectivity index (χ0) is 14.9. The second-order valence-electron chi connectivity index (χ2n) is 5.38. The number of hydrogen-bond acceptors (Lipinski definition) is 3. The standard InChI is InChI=1S/C14H17ClN2O3/c1-7-5-9(10(6-7)14(19)20)13(18)17-11-3-4-12(15)16-8(11)2/h3-4,7,9-10H,5-6H2,1-2H3,(H,17,18)(H,19,20). The van der Waals surface area contributed by atoms with Crippen molar-refractivity contribution in [3.05, 3.63) is 23.0 Å². The zero-order valence-corrected chi connectivity index (χ0v) is 12.1. The van der Waals surface area contributed by atoms with Crippen molar-refractivity contribution >= 4 is 29.2 Å². The number of pyridine rings is 1. The molecule has 3 atom stereocenters. The van der Waals surface area contributed by atoms with E-state index in [0.29, 0.717) is 29.4 Å². The van der Waals surface area contributed by atoms with Gasteiger partial charge in [-0.15, -0.1) is 0 Å². The van der Waals surface area contributed by atoms with E-state index in [1.807, 2.05) is 6.92 Å². The minimum atomic E-state index is -0.902. The molecule has 1 aromatic heterocycles. The van der Waals surface area contributed by atoms with E-state index < -0.39 is 17.8 Å². The summed E-state index contributed by atoms with van der Waals surface area (Å²) < 4.78 is 0. The van der Waals surface area contributed by atoms with E-state index in [0.717, 1.165) is 0 Å². The van der Waals surface area contributed by atoms with Crippen LogP contribution in [-0.4, -0.2) is 22.0 Å². The molecule has 2 N–H and O–H groups in total. The first kappa shape index (κ1) is 14.8. The fourth-order valence-electron chi connectivity index (χ4n) is 2.74. The molecule has 0 aromatic carbocycles. The van der Waals surface area contributed by atoms with Crippen molar-refractivity contribution in [3.63, 3.8) is 0 Å². The van der Waals surface area contributed by atoms with Gasteiger partial charge < -0.3 is 10.4 Å². The number of carbonyl (C=O) groups excluding carboxylic acids is 1. The summed E-state index contributed by atoms with van der Waals surface area (Å²) in [6, 6.07) is 3.27. The van der Waals surface area contributed by atoms with Gasteiger partial charge >= 0.3 is 5.97 Å². The first-order chi connectivity index (χ1) is 9.38. The number of aliphatic carboxylic acids is 1. The summed E-state index contributed by atoms with van der Waals surface area (Å²) in [6.45, 7) is 3.71. The zero-order valence-electron chi connectivity index (χ0n) is 11.4. The van der Waals surface area contributed by atoms with E-state index in [1.54, 1.807) is 19.1 Å². The van der Waals surface area contributed by atoms with Crippen LogP contribution in [0.25, 0.3) is 0 Å². The molecule has 6 heteroatoms. The van der Waals surface area contributed by atoms with Crippen molar-refractivity contribution in [2.75, 3.05) is 5.32 Å². The van der Waals surface area contributed by atoms with Crippen molar-refractivity contribution in [1.82, 2.24) is 4.98 Å². The van der Waals surface area contributed by atoms with E-state index in [-0.39, 0.29) is 11.8 Å². The van der Waals surface area contributed by atoms with Crippen LogP contribution in [0.15, 0.2) is 12.1 Å². The molecule has 2 rings (SSSR count). The summed E-state index contributed by atoms with van der Waals surface area (Å²) in [6.07, 6.45) is 1.15. The molecule has 0 bridgehead atoms. The van der Waals surface area contributed by atoms with Crippen molar-refractivity contribution in [2.45, 2.75) is 26.7 Å². The molecule has 1 amide bonds. The Labute approximate surface area is 122 Å². The Morgan fingerprint density at radius 1 is 1.35 bits per heavy atom. The van der Waals surface area contributed by atoms with Gasteiger partial charge in [0.1, 0.15) is 5.15 Å². The molecule has 108 valence electrons. The Bertz CT molecular complexity index is 547. The summed E-state index contributed by atoms with van der Waals surface area (Å²) in [5.41, 5.74) is 1.19. The lowest BCUT2D eigenvalue weighted by molar-refractivity contribution is -0.145. The van der Waals surface area contributed by atoms with Gasteiger partial charge in [-0.1, -0.05) is 18.5 Å². The number of rotatable bonds is 3. The molecular weight excluding hydrogens is 280 g/mol. The normalized spacial score (nSPS) is 25.4. The van der Waals surface area contributed by atoms with Crippen LogP contribution in [0.2, 0.25) is 5.15 Å². The monoisotopic (exact) mass is 296 g/mol. The Morgan fingerprint density at radius 3 is 2.60 bits per heavy atom. The van der Waals surface area contributed by atoms with Gasteiger partial charge in [-0.25, -0.2) is 4.98 Å². The van der Waals surface area contributed by atoms with Gasteiger partial charge in [0.05, 0.1) is 23.2 Å². The molecule has 5 nitrogen and oxygen atoms in total. The van der Waals surface area contributed by atoms with Crippen LogP contribution in [-0.2, 0) is 9.59 Å². The second kappa shape index (κ2) is 5.79. The van der Waals surface area contributed by atoms with E-state index in [1.165, 1.54) is 0 Å². The average molecular weight is 297 g/mol. The van der Waals surface area contributed by atoms with Crippen LogP contribution in [0.5, 0.6) is 0 Å². The highest BCUT2D eigenvalue weighted by Gasteiger charge is 2.41. The fourth-order valence-corrected chi connectivity index (χ4v) is 2.93. The SMILES string of the molecule is Cc1nc(Cl)ccc1NC(=O)C1CC(C)CC1C(=O)O. The second-order valence-corrected chi connectivity index (χ2v) is 5.77. The Balaban J connectivity index is 2.13. The largest absolute Gasteiger partial charge is 0.481 e. The highest BCUT2D eigenvalue weighted by atomic mass is 35.5. The smallest absolute Gasteiger partial charge is 0.307 e. The maximum absolute atomic E-state index is 12.3. The number of carbonyl (C=O) groups is 2. The number of carboxylic acids is 1. The summed E-state index contributed by atoms with van der Waals surface area (Å²) >= 11 is 5.76. The summed E-state index contributed by atoms with van der Waals surface area (Å²) in [5, 5.41) is 12.3. The third-order valence-electron chi connectivity index (χ3n) is 3.76. The molecule has 0 saturated heterocycles. The maximum Gasteiger partial charge on any atom is 0.307 e. The molecule has 1 aliphatic rings. The van der Waals surface area contributed by atoms with Gasteiger partial charge in [-0.3, -0.25) is 9.59 Å². The number of nitrogens with one attached hydrogen (secondary N) is 1. The molecule has 0 aliphatic heterocycles. The molecular formula is C14H17ClN2O3. The topological polar surface area (TPSA) is 79.3 Å². The minimum Gasteiger partial charge on any atom is -0.481 e. The highest BCUT2D eigenvalue weighted by Crippen LogP contribution is 2.37. The number of anilines is 1. The van der Waals surface area contributed by atoms with Crippen LogP contribution >= 0.6 is 11.6 Å². The molecule has 20 heavy (non-hydrogen) atoms. The molecule has 1 aliphatic carbocycles. The van der Waals surface area contributed by atoms with Gasteiger partial charge in [-0.2, -0.15) is 0 Å². The molecule has 1 heterocycles. The predicted octanol–water partition coefficient (Wildman–Crippen LogP) is 2.73. The molecule has 3 unspecified atom stereocenters. The van der Waals surface area contributed by atoms with Crippen molar-refractivity contribution in [2.24, 2.45) is 17.8 Å². The molecule has 0 spiro atoms. The van der Waals surface area contributed by atoms with E-state index in [4.69, 9.17) is 11.6 Å². The third-order valence-corrected chi connectivity index (χ3v) is 3.97. The van der Waals surface area contributed by atoms with Crippen LogP contribution < -0.4 is 5.32 Å². The molecule has 1 aromatic rings. The summed E-state index contributed by atoms with van der Waals surface area (Å²) in [4.78, 5) is 27.6. The van der Waals surface area contributed by atoms with Crippen molar-refractivity contribution in [1.29, 1.82) is 0 Å². The van der Waals surface area contributed by atoms with E-state index in [9.17, 15) is 14.7 Å². The van der Waals surface area contributed by atoms with Crippen molar-refractivity contribution < 1.29 is 14.7 Å². The van der Waals surface area contributed by atoms with Crippen molar-refractivity contribution in [3.8, 4) is 0 Å². The number of halogens is 1. The van der Waals surface area contributed by atoms with Crippen LogP contribution in [0, 0.1) is 24.7 Å². The number of amides is 1. The predicted molar refractivity (Wildman–Crippen MR) is 75.6 cm³/mol. The van der Waals surface area contributed by atoms with Crippen LogP contribution in [0.4, 0.5) is 5.69 Å². The van der Waals surface area contributed by atoms with Gasteiger partial charge in [0.2, 0.25) is 5.91 Å². The van der Waals surface area contributed by atoms with E-state index >= 15 is 0 Å². The maximum atomic E-state index is 12.3. The Morgan fingerprint density at radius 2 is 2.00 bits per heavy atom. The van der Waals surface area contributed by atoms with Crippen LogP contribution in [0.3, 0.4) is 0 Å². The average Bonchev–Trinajstić information content (AvgIpc) is 2.75. The lowest BCUT2D eigenvalue weighted by Crippen LogP contribution is -2.30. The summed E-state index contributed by atoms with van der Waals surface area (Å²) in [5.74, 6) is -2.01. The number of aryl methyl sites for hydroxylation is 1. The van der Waals surface area contributed by atoms with Gasteiger partial charge in [-0.05, 0) is 37.8 Å². The fraction of sp³-hybridized carbons (Fsp3) is 0.500. The number of nitrogens with zero attached hydrogens (tertiary/aromatic N) is 1.